The topological polar surface area (TPSA) is 67.4 Å². The van der Waals surface area contributed by atoms with Crippen LogP contribution >= 0.6 is 0 Å². The number of benzene rings is 1. The van der Waals surface area contributed by atoms with Gasteiger partial charge in [-0.25, -0.2) is 9.59 Å². The summed E-state index contributed by atoms with van der Waals surface area (Å²) in [5, 5.41) is 5.42. The molecule has 0 aliphatic rings. The van der Waals surface area contributed by atoms with Crippen LogP contribution in [0.4, 0.5) is 4.79 Å². The van der Waals surface area contributed by atoms with Crippen molar-refractivity contribution in [2.75, 3.05) is 7.11 Å². The van der Waals surface area contributed by atoms with E-state index in [9.17, 15) is 9.59 Å². The van der Waals surface area contributed by atoms with Gasteiger partial charge in [-0.2, -0.15) is 0 Å². The number of ether oxygens (including phenoxy) is 1. The maximum absolute atomic E-state index is 11.9. The van der Waals surface area contributed by atoms with E-state index in [0.717, 1.165) is 12.0 Å². The molecule has 116 valence electrons. The summed E-state index contributed by atoms with van der Waals surface area (Å²) in [6.07, 6.45) is 0.776. The van der Waals surface area contributed by atoms with E-state index in [0.29, 0.717) is 6.54 Å². The van der Waals surface area contributed by atoms with Crippen LogP contribution in [-0.2, 0) is 16.1 Å². The molecule has 2 atom stereocenters. The molecule has 5 nitrogen and oxygen atoms in total. The van der Waals surface area contributed by atoms with Crippen LogP contribution < -0.4 is 10.6 Å². The second-order valence-corrected chi connectivity index (χ2v) is 5.20. The third-order valence-electron chi connectivity index (χ3n) is 3.53. The molecule has 1 rings (SSSR count). The molecule has 5 heteroatoms. The predicted molar refractivity (Wildman–Crippen MR) is 81.8 cm³/mol. The van der Waals surface area contributed by atoms with Crippen molar-refractivity contribution in [3.8, 4) is 0 Å². The van der Waals surface area contributed by atoms with E-state index >= 15 is 0 Å². The average Bonchev–Trinajstić information content (AvgIpc) is 2.50. The first kappa shape index (κ1) is 17.0. The molecule has 0 spiro atoms. The van der Waals surface area contributed by atoms with E-state index in [-0.39, 0.29) is 11.9 Å². The van der Waals surface area contributed by atoms with Crippen LogP contribution in [0.15, 0.2) is 24.3 Å². The zero-order valence-electron chi connectivity index (χ0n) is 13.1. The SMILES string of the molecule is CCC(C)C(NC(=O)NCc1ccc(C)cc1)C(=O)OC. The van der Waals surface area contributed by atoms with Gasteiger partial charge in [-0.15, -0.1) is 0 Å². The lowest BCUT2D eigenvalue weighted by Gasteiger charge is -2.22. The van der Waals surface area contributed by atoms with E-state index in [1.165, 1.54) is 12.7 Å². The highest BCUT2D eigenvalue weighted by molar-refractivity contribution is 5.83. The van der Waals surface area contributed by atoms with Crippen molar-refractivity contribution in [3.63, 3.8) is 0 Å². The summed E-state index contributed by atoms with van der Waals surface area (Å²) in [7, 11) is 1.32. The molecular weight excluding hydrogens is 268 g/mol. The zero-order chi connectivity index (χ0) is 15.8. The summed E-state index contributed by atoms with van der Waals surface area (Å²) in [6.45, 7) is 6.30. The lowest BCUT2D eigenvalue weighted by Crippen LogP contribution is -2.49. The number of nitrogens with one attached hydrogen (secondary N) is 2. The molecule has 0 heterocycles. The number of aryl methyl sites for hydroxylation is 1. The highest BCUT2D eigenvalue weighted by Gasteiger charge is 2.26. The van der Waals surface area contributed by atoms with Gasteiger partial charge in [-0.05, 0) is 18.4 Å². The second-order valence-electron chi connectivity index (χ2n) is 5.20. The number of amides is 2. The highest BCUT2D eigenvalue weighted by Crippen LogP contribution is 2.09. The molecule has 0 fully saturated rings. The van der Waals surface area contributed by atoms with Crippen molar-refractivity contribution in [2.24, 2.45) is 5.92 Å². The van der Waals surface area contributed by atoms with Gasteiger partial charge in [0.05, 0.1) is 7.11 Å². The Morgan fingerprint density at radius 3 is 2.38 bits per heavy atom. The summed E-state index contributed by atoms with van der Waals surface area (Å²) in [6, 6.07) is 6.91. The minimum atomic E-state index is -0.627. The van der Waals surface area contributed by atoms with Crippen molar-refractivity contribution in [3.05, 3.63) is 35.4 Å². The molecule has 0 aliphatic carbocycles. The minimum absolute atomic E-state index is 0.0163. The molecule has 1 aromatic carbocycles. The van der Waals surface area contributed by atoms with Gasteiger partial charge in [0.1, 0.15) is 6.04 Å². The zero-order valence-corrected chi connectivity index (χ0v) is 13.1. The summed E-state index contributed by atoms with van der Waals surface area (Å²) in [4.78, 5) is 23.6. The summed E-state index contributed by atoms with van der Waals surface area (Å²) in [5.41, 5.74) is 2.18. The number of urea groups is 1. The van der Waals surface area contributed by atoms with Gasteiger partial charge in [0.2, 0.25) is 0 Å². The number of esters is 1. The Kier molecular flexibility index (Phi) is 6.72. The Morgan fingerprint density at radius 2 is 1.86 bits per heavy atom. The summed E-state index contributed by atoms with van der Waals surface area (Å²) < 4.78 is 4.73. The van der Waals surface area contributed by atoms with Gasteiger partial charge in [0.25, 0.3) is 0 Å². The molecule has 0 bridgehead atoms. The monoisotopic (exact) mass is 292 g/mol. The molecule has 2 N–H and O–H groups in total. The molecule has 0 aliphatic heterocycles. The van der Waals surface area contributed by atoms with Gasteiger partial charge < -0.3 is 15.4 Å². The first-order chi connectivity index (χ1) is 9.97. The number of methoxy groups -OCH3 is 1. The third-order valence-corrected chi connectivity index (χ3v) is 3.53. The smallest absolute Gasteiger partial charge is 0.328 e. The van der Waals surface area contributed by atoms with Crippen LogP contribution in [0.5, 0.6) is 0 Å². The van der Waals surface area contributed by atoms with E-state index in [4.69, 9.17) is 4.74 Å². The van der Waals surface area contributed by atoms with Crippen LogP contribution in [0.1, 0.15) is 31.4 Å². The standard InChI is InChI=1S/C16H24N2O3/c1-5-12(3)14(15(19)21-4)18-16(20)17-10-13-8-6-11(2)7-9-13/h6-9,12,14H,5,10H2,1-4H3,(H2,17,18,20). The van der Waals surface area contributed by atoms with Crippen LogP contribution in [0.3, 0.4) is 0 Å². The van der Waals surface area contributed by atoms with E-state index < -0.39 is 12.0 Å². The first-order valence-electron chi connectivity index (χ1n) is 7.15. The third kappa shape index (κ3) is 5.45. The predicted octanol–water partition coefficient (Wildman–Crippen LogP) is 2.38. The first-order valence-corrected chi connectivity index (χ1v) is 7.15. The van der Waals surface area contributed by atoms with Crippen molar-refractivity contribution < 1.29 is 14.3 Å². The van der Waals surface area contributed by atoms with Crippen LogP contribution in [-0.4, -0.2) is 25.2 Å². The number of hydrogen-bond donors (Lipinski definition) is 2. The highest BCUT2D eigenvalue weighted by atomic mass is 16.5. The summed E-state index contributed by atoms with van der Waals surface area (Å²) in [5.74, 6) is -0.405. The normalized spacial score (nSPS) is 13.1. The Hall–Kier alpha value is -2.04. The van der Waals surface area contributed by atoms with Crippen molar-refractivity contribution in [2.45, 2.75) is 39.8 Å². The molecule has 0 saturated heterocycles. The second kappa shape index (κ2) is 8.29. The fourth-order valence-corrected chi connectivity index (χ4v) is 1.88. The van der Waals surface area contributed by atoms with E-state index in [2.05, 4.69) is 10.6 Å². The lowest BCUT2D eigenvalue weighted by molar-refractivity contribution is -0.144. The maximum atomic E-state index is 11.9. The van der Waals surface area contributed by atoms with Gasteiger partial charge in [0.15, 0.2) is 0 Å². The van der Waals surface area contributed by atoms with Crippen molar-refractivity contribution in [1.82, 2.24) is 10.6 Å². The molecule has 21 heavy (non-hydrogen) atoms. The number of rotatable bonds is 6. The fourth-order valence-electron chi connectivity index (χ4n) is 1.88. The molecule has 2 unspecified atom stereocenters. The molecule has 1 aromatic rings. The Labute approximate surface area is 126 Å². The summed E-state index contributed by atoms with van der Waals surface area (Å²) >= 11 is 0. The van der Waals surface area contributed by atoms with Gasteiger partial charge in [0, 0.05) is 6.54 Å². The maximum Gasteiger partial charge on any atom is 0.328 e. The number of carbonyl (C=O) groups excluding carboxylic acids is 2. The Balaban J connectivity index is 2.53. The van der Waals surface area contributed by atoms with Gasteiger partial charge in [-0.1, -0.05) is 50.1 Å². The van der Waals surface area contributed by atoms with E-state index in [1.807, 2.05) is 45.0 Å². The molecule has 0 saturated carbocycles. The lowest BCUT2D eigenvalue weighted by atomic mass is 9.99. The fraction of sp³-hybridized carbons (Fsp3) is 0.500. The van der Waals surface area contributed by atoms with Crippen molar-refractivity contribution in [1.29, 1.82) is 0 Å². The Bertz CT molecular complexity index is 471. The molecule has 0 radical (unpaired) electrons. The van der Waals surface area contributed by atoms with Gasteiger partial charge >= 0.3 is 12.0 Å². The van der Waals surface area contributed by atoms with E-state index in [1.54, 1.807) is 0 Å². The van der Waals surface area contributed by atoms with Crippen LogP contribution in [0.25, 0.3) is 0 Å². The average molecular weight is 292 g/mol. The molecule has 2 amide bonds. The molecule has 0 aromatic heterocycles. The quantitative estimate of drug-likeness (QED) is 0.791. The Morgan fingerprint density at radius 1 is 1.24 bits per heavy atom. The largest absolute Gasteiger partial charge is 0.467 e. The number of hydrogen-bond acceptors (Lipinski definition) is 3. The van der Waals surface area contributed by atoms with Gasteiger partial charge in [-0.3, -0.25) is 0 Å². The number of carbonyl (C=O) groups is 2. The minimum Gasteiger partial charge on any atom is -0.467 e. The molecular formula is C16H24N2O3. The van der Waals surface area contributed by atoms with Crippen molar-refractivity contribution >= 4 is 12.0 Å². The van der Waals surface area contributed by atoms with Crippen LogP contribution in [0, 0.1) is 12.8 Å². The van der Waals surface area contributed by atoms with Crippen LogP contribution in [0.2, 0.25) is 0 Å².